The third-order valence-corrected chi connectivity index (χ3v) is 6.81. The van der Waals surface area contributed by atoms with Gasteiger partial charge in [0, 0.05) is 34.7 Å². The minimum absolute atomic E-state index is 0.0281. The quantitative estimate of drug-likeness (QED) is 0.728. The number of aromatic amines is 1. The Labute approximate surface area is 173 Å². The molecule has 1 saturated carbocycles. The van der Waals surface area contributed by atoms with E-state index in [-0.39, 0.29) is 17.1 Å². The summed E-state index contributed by atoms with van der Waals surface area (Å²) >= 11 is 0. The summed E-state index contributed by atoms with van der Waals surface area (Å²) in [4.78, 5) is 31.2. The smallest absolute Gasteiger partial charge is 0.274 e. The maximum atomic E-state index is 13.5. The van der Waals surface area contributed by atoms with Crippen LogP contribution in [0.5, 0.6) is 11.5 Å². The molecule has 1 N–H and O–H groups in total. The number of benzene rings is 2. The minimum atomic E-state index is -0.187. The van der Waals surface area contributed by atoms with Gasteiger partial charge in [-0.05, 0) is 36.1 Å². The van der Waals surface area contributed by atoms with E-state index < -0.39 is 0 Å². The van der Waals surface area contributed by atoms with Crippen LogP contribution in [0.4, 0.5) is 0 Å². The first-order chi connectivity index (χ1) is 14.6. The Morgan fingerprint density at radius 3 is 2.80 bits per heavy atom. The van der Waals surface area contributed by atoms with Crippen LogP contribution in [-0.4, -0.2) is 42.3 Å². The van der Waals surface area contributed by atoms with Gasteiger partial charge in [0.1, 0.15) is 5.69 Å². The average Bonchev–Trinajstić information content (AvgIpc) is 3.15. The summed E-state index contributed by atoms with van der Waals surface area (Å²) in [5.41, 5.74) is 3.67. The molecule has 2 heterocycles. The number of aromatic nitrogens is 1. The number of allylic oxidation sites excluding steroid dienone is 2. The normalized spacial score (nSPS) is 23.5. The van der Waals surface area contributed by atoms with Gasteiger partial charge in [-0.1, -0.05) is 24.3 Å². The molecule has 2 fully saturated rings. The van der Waals surface area contributed by atoms with E-state index in [0.29, 0.717) is 29.7 Å². The lowest BCUT2D eigenvalue weighted by atomic mass is 9.81. The van der Waals surface area contributed by atoms with Crippen LogP contribution in [0.15, 0.2) is 54.2 Å². The highest BCUT2D eigenvalue weighted by Crippen LogP contribution is 2.66. The largest absolute Gasteiger partial charge is 0.493 e. The summed E-state index contributed by atoms with van der Waals surface area (Å²) in [6, 6.07) is 13.3. The van der Waals surface area contributed by atoms with Crippen molar-refractivity contribution in [2.24, 2.45) is 5.92 Å². The molecule has 0 unspecified atom stereocenters. The Morgan fingerprint density at radius 2 is 2.00 bits per heavy atom. The van der Waals surface area contributed by atoms with Crippen LogP contribution >= 0.6 is 0 Å². The monoisotopic (exact) mass is 400 g/mol. The maximum absolute atomic E-state index is 13.5. The van der Waals surface area contributed by atoms with E-state index in [2.05, 4.69) is 4.98 Å². The molecule has 6 rings (SSSR count). The summed E-state index contributed by atoms with van der Waals surface area (Å²) in [7, 11) is 3.16. The molecule has 2 atom stereocenters. The van der Waals surface area contributed by atoms with Crippen molar-refractivity contribution in [3.8, 4) is 11.5 Å². The molecule has 1 spiro atoms. The predicted molar refractivity (Wildman–Crippen MR) is 111 cm³/mol. The van der Waals surface area contributed by atoms with E-state index in [1.54, 1.807) is 25.2 Å². The van der Waals surface area contributed by atoms with Gasteiger partial charge in [0.25, 0.3) is 5.91 Å². The number of H-pyrrole nitrogens is 1. The molecule has 1 saturated heterocycles. The van der Waals surface area contributed by atoms with Gasteiger partial charge < -0.3 is 19.4 Å². The van der Waals surface area contributed by atoms with Crippen LogP contribution in [0.2, 0.25) is 0 Å². The van der Waals surface area contributed by atoms with Crippen molar-refractivity contribution in [2.45, 2.75) is 11.8 Å². The van der Waals surface area contributed by atoms with E-state index in [4.69, 9.17) is 9.47 Å². The number of rotatable bonds is 3. The zero-order valence-corrected chi connectivity index (χ0v) is 16.7. The number of nitrogens with one attached hydrogen (secondary N) is 1. The van der Waals surface area contributed by atoms with Crippen LogP contribution in [0.1, 0.15) is 32.8 Å². The van der Waals surface area contributed by atoms with Crippen LogP contribution in [0.25, 0.3) is 10.9 Å². The zero-order chi connectivity index (χ0) is 20.6. The molecule has 1 aromatic heterocycles. The third-order valence-electron chi connectivity index (χ3n) is 6.81. The number of fused-ring (bicyclic) bond motifs is 2. The van der Waals surface area contributed by atoms with Gasteiger partial charge in [-0.25, -0.2) is 0 Å². The molecule has 6 heteroatoms. The van der Waals surface area contributed by atoms with Crippen molar-refractivity contribution in [1.29, 1.82) is 0 Å². The fourth-order valence-electron chi connectivity index (χ4n) is 5.36. The lowest BCUT2D eigenvalue weighted by molar-refractivity contribution is 0.0806. The molecule has 2 aliphatic carbocycles. The number of ketones is 1. The van der Waals surface area contributed by atoms with Gasteiger partial charge in [0.15, 0.2) is 17.3 Å². The minimum Gasteiger partial charge on any atom is -0.493 e. The second-order valence-corrected chi connectivity index (χ2v) is 8.18. The second kappa shape index (κ2) is 5.75. The predicted octanol–water partition coefficient (Wildman–Crippen LogP) is 3.68. The first kappa shape index (κ1) is 17.3. The van der Waals surface area contributed by atoms with Gasteiger partial charge >= 0.3 is 0 Å². The summed E-state index contributed by atoms with van der Waals surface area (Å²) in [5, 5.41) is 0.870. The molecule has 1 amide bonds. The van der Waals surface area contributed by atoms with E-state index in [1.165, 1.54) is 0 Å². The van der Waals surface area contributed by atoms with Gasteiger partial charge in [-0.15, -0.1) is 0 Å². The Balaban J connectivity index is 1.42. The van der Waals surface area contributed by atoms with Gasteiger partial charge in [-0.2, -0.15) is 0 Å². The topological polar surface area (TPSA) is 71.6 Å². The van der Waals surface area contributed by atoms with Crippen molar-refractivity contribution in [1.82, 2.24) is 9.88 Å². The molecular weight excluding hydrogens is 380 g/mol. The zero-order valence-electron chi connectivity index (χ0n) is 16.7. The van der Waals surface area contributed by atoms with E-state index in [1.807, 2.05) is 42.5 Å². The van der Waals surface area contributed by atoms with E-state index in [0.717, 1.165) is 34.1 Å². The number of hydrogen-bond donors (Lipinski definition) is 1. The highest BCUT2D eigenvalue weighted by Gasteiger charge is 2.67. The average molecular weight is 400 g/mol. The van der Waals surface area contributed by atoms with Gasteiger partial charge in [-0.3, -0.25) is 9.59 Å². The van der Waals surface area contributed by atoms with Crippen LogP contribution < -0.4 is 9.47 Å². The van der Waals surface area contributed by atoms with Crippen LogP contribution in [-0.2, 0) is 5.41 Å². The number of carbonyl (C=O) groups is 2. The maximum Gasteiger partial charge on any atom is 0.274 e. The summed E-state index contributed by atoms with van der Waals surface area (Å²) in [6.45, 7) is 0.627. The van der Waals surface area contributed by atoms with Gasteiger partial charge in [0.2, 0.25) is 0 Å². The molecule has 3 aliphatic rings. The standard InChI is InChI=1S/C24H20N2O4/c1-29-19-8-7-13-9-17(25-21(13)22(19)30-2)23(28)26-12-14-11-24(14)16-6-4-3-5-15(16)18(27)10-20(24)26/h3-10,14,25H,11-12H2,1-2H3/t14-,24-/m1/s1. The molecule has 0 bridgehead atoms. The lowest BCUT2D eigenvalue weighted by Gasteiger charge is -2.29. The number of ether oxygens (including phenoxy) is 2. The van der Waals surface area contributed by atoms with Gasteiger partial charge in [0.05, 0.1) is 19.7 Å². The first-order valence-corrected chi connectivity index (χ1v) is 10.00. The number of hydrogen-bond acceptors (Lipinski definition) is 4. The Kier molecular flexibility index (Phi) is 3.32. The molecule has 2 aromatic carbocycles. The Hall–Kier alpha value is -3.54. The molecule has 3 aromatic rings. The Morgan fingerprint density at radius 1 is 1.17 bits per heavy atom. The molecular formula is C24H20N2O4. The molecule has 0 radical (unpaired) electrons. The fourth-order valence-corrected chi connectivity index (χ4v) is 5.36. The number of amides is 1. The molecule has 1 aliphatic heterocycles. The fraction of sp³-hybridized carbons (Fsp3) is 0.250. The first-order valence-electron chi connectivity index (χ1n) is 10.00. The van der Waals surface area contributed by atoms with Crippen LogP contribution in [0, 0.1) is 5.92 Å². The number of piperidine rings is 1. The van der Waals surface area contributed by atoms with Crippen molar-refractivity contribution in [3.05, 3.63) is 71.1 Å². The van der Waals surface area contributed by atoms with Crippen molar-refractivity contribution in [3.63, 3.8) is 0 Å². The number of carbonyl (C=O) groups excluding carboxylic acids is 2. The number of likely N-dealkylation sites (tertiary alicyclic amines) is 1. The highest BCUT2D eigenvalue weighted by atomic mass is 16.5. The highest BCUT2D eigenvalue weighted by molar-refractivity contribution is 6.10. The number of nitrogens with zero attached hydrogens (tertiary/aromatic N) is 1. The summed E-state index contributed by atoms with van der Waals surface area (Å²) < 4.78 is 10.9. The Bertz CT molecular complexity index is 1290. The molecule has 150 valence electrons. The summed E-state index contributed by atoms with van der Waals surface area (Å²) in [6.07, 6.45) is 2.66. The number of methoxy groups -OCH3 is 2. The third kappa shape index (κ3) is 2.03. The lowest BCUT2D eigenvalue weighted by Crippen LogP contribution is -2.33. The molecule has 30 heavy (non-hydrogen) atoms. The second-order valence-electron chi connectivity index (χ2n) is 8.18. The SMILES string of the molecule is COc1ccc2cc(C(=O)N3C[C@H]4C[C@@]45C3=CC(=O)c3ccccc35)[nH]c2c1OC. The van der Waals surface area contributed by atoms with Crippen LogP contribution in [0.3, 0.4) is 0 Å². The molecule has 6 nitrogen and oxygen atoms in total. The van der Waals surface area contributed by atoms with E-state index >= 15 is 0 Å². The van der Waals surface area contributed by atoms with Crippen molar-refractivity contribution < 1.29 is 19.1 Å². The van der Waals surface area contributed by atoms with E-state index in [9.17, 15) is 9.59 Å². The van der Waals surface area contributed by atoms with Crippen molar-refractivity contribution >= 4 is 22.6 Å². The van der Waals surface area contributed by atoms with Crippen molar-refractivity contribution in [2.75, 3.05) is 20.8 Å². The summed E-state index contributed by atoms with van der Waals surface area (Å²) in [5.74, 6) is 1.37.